The third kappa shape index (κ3) is 30.1. The van der Waals surface area contributed by atoms with E-state index in [1.165, 1.54) is 57.7 Å². The average molecular weight is 1700 g/mol. The Kier molecular flexibility index (Phi) is 41.6. The first kappa shape index (κ1) is 74.2. The van der Waals surface area contributed by atoms with E-state index >= 15 is 0 Å². The molecule has 0 unspecified atom stereocenters. The van der Waals surface area contributed by atoms with Gasteiger partial charge in [-0.3, -0.25) is 0 Å². The minimum atomic E-state index is -0.932. The zero-order chi connectivity index (χ0) is 56.5. The van der Waals surface area contributed by atoms with Crippen LogP contribution in [0.25, 0.3) is 12.2 Å². The van der Waals surface area contributed by atoms with Crippen molar-refractivity contribution in [3.8, 4) is 28.7 Å². The summed E-state index contributed by atoms with van der Waals surface area (Å²) in [5.41, 5.74) is 15.7. The second-order valence-electron chi connectivity index (χ2n) is 16.8. The molecule has 75 heavy (non-hydrogen) atoms. The molecule has 0 amide bonds. The van der Waals surface area contributed by atoms with Crippen molar-refractivity contribution in [3.05, 3.63) is 193 Å². The van der Waals surface area contributed by atoms with Gasteiger partial charge in [-0.05, 0) is 185 Å². The van der Waals surface area contributed by atoms with Crippen molar-refractivity contribution in [2.45, 2.75) is 89.0 Å². The van der Waals surface area contributed by atoms with Gasteiger partial charge in [0, 0.05) is 62.4 Å². The predicted molar refractivity (Wildman–Crippen MR) is 353 cm³/mol. The Hall–Kier alpha value is -2.92. The number of carboxylic acids is 1. The van der Waals surface area contributed by atoms with Crippen molar-refractivity contribution in [2.24, 2.45) is 0 Å². The second-order valence-corrected chi connectivity index (χ2v) is 33.1. The van der Waals surface area contributed by atoms with Crippen LogP contribution in [0.1, 0.15) is 88.9 Å². The summed E-state index contributed by atoms with van der Waals surface area (Å²) in [6.45, 7) is 22.3. The van der Waals surface area contributed by atoms with Crippen LogP contribution in [0.2, 0.25) is 0 Å². The fourth-order valence-electron chi connectivity index (χ4n) is 6.76. The molecule has 0 saturated heterocycles. The molecule has 0 aromatic heterocycles. The summed E-state index contributed by atoms with van der Waals surface area (Å²) in [5.74, 6) is 0.504. The number of benzene rings is 4. The molecule has 10 nitrogen and oxygen atoms in total. The maximum absolute atomic E-state index is 12.0. The monoisotopic (exact) mass is 1700 g/mol. The fourth-order valence-corrected chi connectivity index (χ4v) is 6.76. The minimum absolute atomic E-state index is 0. The summed E-state index contributed by atoms with van der Waals surface area (Å²) in [4.78, 5) is 22.6. The molecule has 0 heterocycles. The second kappa shape index (κ2) is 42.1. The smallest absolute Gasteiger partial charge is 0.157 e. The van der Waals surface area contributed by atoms with E-state index in [2.05, 4.69) is 152 Å². The zero-order valence-electron chi connectivity index (χ0n) is 45.0. The van der Waals surface area contributed by atoms with Crippen molar-refractivity contribution in [1.29, 1.82) is 0 Å². The van der Waals surface area contributed by atoms with E-state index < -0.39 is 5.97 Å². The molecule has 0 radical (unpaired) electrons. The van der Waals surface area contributed by atoms with Gasteiger partial charge < -0.3 is 39.7 Å². The summed E-state index contributed by atoms with van der Waals surface area (Å²) < 4.78 is 16.1. The predicted octanol–water partition coefficient (Wildman–Crippen LogP) is 13.8. The number of esters is 1. The molecule has 0 atom stereocenters. The number of aliphatic carboxylic acids is 1. The molecule has 4 aromatic carbocycles. The van der Waals surface area contributed by atoms with Crippen LogP contribution < -0.4 is 22.7 Å². The quantitative estimate of drug-likeness (QED) is 0.0226. The standard InChI is InChI=1S/C30H36O4.C21H26O3.C8H10O3.I3.I2.HI/c1-20(11-14-27-23(4)18-29(33-7)25(6)24(27)5)9-8-10-21(2)17-30(32)34-16-15-26-13-12-22(3)28(31)19-26;1-14(8-7-9-15(2)12-21(22)23)10-11-19-16(3)13-20(24-6)18(5)17(19)4;9-4-3-6-1-2-7(10)8(11)5-6;1-3-2;1-2;/h8-14,17-19,31H,15-16H2,1-7H3;7-13H,1-6H3,(H,22,23);1-2,5,9-11H,3-4H2;;;1H/q;;;-1;;/b10-8+,14-11+,20-9+,21-17+;9-7+,11-10+,14-8+,15-12+;;;;. The summed E-state index contributed by atoms with van der Waals surface area (Å²) >= 11 is 9.54. The summed E-state index contributed by atoms with van der Waals surface area (Å²) in [6, 6.07) is 14.1. The molecule has 0 aliphatic rings. The molecule has 0 fully saturated rings. The number of allylic oxidation sites excluding steroid dienone is 12. The Labute approximate surface area is 516 Å². The molecule has 0 saturated carbocycles. The number of hydrogen-bond donors (Lipinski definition) is 5. The van der Waals surface area contributed by atoms with Crippen molar-refractivity contribution in [2.75, 3.05) is 27.4 Å². The maximum atomic E-state index is 12.0. The van der Waals surface area contributed by atoms with Crippen LogP contribution in [-0.4, -0.2) is 64.9 Å². The molecule has 5 N–H and O–H groups in total. The van der Waals surface area contributed by atoms with Gasteiger partial charge in [0.05, 0.1) is 20.8 Å². The van der Waals surface area contributed by atoms with E-state index in [1.54, 1.807) is 39.4 Å². The van der Waals surface area contributed by atoms with Crippen LogP contribution in [-0.2, 0) is 27.2 Å². The number of ether oxygens (including phenoxy) is 3. The Morgan fingerprint density at radius 3 is 1.41 bits per heavy atom. The normalized spacial score (nSPS) is 11.7. The van der Waals surface area contributed by atoms with Gasteiger partial charge in [0.15, 0.2) is 11.5 Å². The van der Waals surface area contributed by atoms with Gasteiger partial charge in [0.25, 0.3) is 0 Å². The van der Waals surface area contributed by atoms with Crippen LogP contribution in [0.3, 0.4) is 0 Å². The van der Waals surface area contributed by atoms with Crippen LogP contribution in [0.5, 0.6) is 28.7 Å². The van der Waals surface area contributed by atoms with E-state index in [4.69, 9.17) is 34.6 Å². The largest absolute Gasteiger partial charge is 0.504 e. The van der Waals surface area contributed by atoms with Gasteiger partial charge in [0.1, 0.15) is 17.2 Å². The number of aliphatic hydroxyl groups excluding tert-OH is 1. The molecule has 4 aromatic rings. The number of rotatable bonds is 17. The van der Waals surface area contributed by atoms with Gasteiger partial charge in [-0.25, -0.2) is 9.59 Å². The van der Waals surface area contributed by atoms with Crippen LogP contribution >= 0.6 is 98.4 Å². The van der Waals surface area contributed by atoms with Crippen molar-refractivity contribution < 1.29 is 62.6 Å². The number of phenolic OH excluding ortho intramolecular Hbond substituents is 3. The van der Waals surface area contributed by atoms with Crippen LogP contribution in [0.4, 0.5) is 0 Å². The van der Waals surface area contributed by atoms with Crippen LogP contribution in [0, 0.1) is 48.5 Å². The molecule has 0 aliphatic carbocycles. The molecule has 16 heteroatoms. The number of aromatic hydroxyl groups is 3. The molecule has 4 rings (SSSR count). The number of hydrogen-bond acceptors (Lipinski definition) is 9. The van der Waals surface area contributed by atoms with Crippen LogP contribution in [0.15, 0.2) is 132 Å². The molecular formula is C59H73I6O10-. The SMILES string of the molecule is COc1cc(C)c(/C=C/C(C)=C/C=C/C(C)=C/C(=O)O)c(C)c1C.COc1cc(C)c(/C=C/C(C)=C/C=C/C(C)=C/C(=O)OCCc2ccc(C)c(O)c2)c(C)c1C.I.II.I[I-]I.OCCc1ccc(O)c(O)c1. The molecule has 0 aliphatic heterocycles. The van der Waals surface area contributed by atoms with E-state index in [9.17, 15) is 14.7 Å². The number of aryl methyl sites for hydroxylation is 3. The molecular weight excluding hydrogens is 1630 g/mol. The number of halogens is 6. The minimum Gasteiger partial charge on any atom is -0.504 e. The van der Waals surface area contributed by atoms with Gasteiger partial charge in [-0.15, -0.1) is 24.0 Å². The van der Waals surface area contributed by atoms with Crippen molar-refractivity contribution in [3.63, 3.8) is 0 Å². The van der Waals surface area contributed by atoms with Gasteiger partial charge in [-0.2, -0.15) is 0 Å². The first-order valence-corrected chi connectivity index (χ1v) is 41.9. The zero-order valence-corrected chi connectivity index (χ0v) is 58.1. The Balaban J connectivity index is 0. The summed E-state index contributed by atoms with van der Waals surface area (Å²) in [6.07, 6.45) is 23.5. The molecule has 0 spiro atoms. The van der Waals surface area contributed by atoms with E-state index in [0.717, 1.165) is 56.0 Å². The van der Waals surface area contributed by atoms with Gasteiger partial charge in [-0.1, -0.05) is 90.1 Å². The van der Waals surface area contributed by atoms with Gasteiger partial charge in [0.2, 0.25) is 0 Å². The topological polar surface area (TPSA) is 163 Å². The van der Waals surface area contributed by atoms with Crippen molar-refractivity contribution in [1.82, 2.24) is 0 Å². The third-order valence-corrected chi connectivity index (χ3v) is 11.2. The average Bonchev–Trinajstić information content (AvgIpc) is 3.34. The number of carbonyl (C=O) groups is 2. The number of methoxy groups -OCH3 is 2. The van der Waals surface area contributed by atoms with E-state index in [1.807, 2.05) is 70.2 Å². The molecule has 412 valence electrons. The first-order chi connectivity index (χ1) is 35.0. The number of carbonyl (C=O) groups excluding carboxylic acids is 1. The number of aliphatic hydroxyl groups is 1. The number of carboxylic acid groups (broad SMARTS) is 1. The van der Waals surface area contributed by atoms with Crippen molar-refractivity contribution >= 4 is 123 Å². The fraction of sp³-hybridized carbons (Fsp3) is 0.288. The maximum Gasteiger partial charge on any atom is 0.157 e. The van der Waals surface area contributed by atoms with Gasteiger partial charge >= 0.3 is 62.4 Å². The van der Waals surface area contributed by atoms with E-state index in [-0.39, 0.29) is 60.4 Å². The number of phenols is 3. The Morgan fingerprint density at radius 1 is 0.573 bits per heavy atom. The summed E-state index contributed by atoms with van der Waals surface area (Å²) in [7, 11) is 3.39. The Bertz CT molecular complexity index is 2700. The first-order valence-electron chi connectivity index (χ1n) is 23.1. The molecule has 0 bridgehead atoms. The van der Waals surface area contributed by atoms with E-state index in [0.29, 0.717) is 31.7 Å². The summed E-state index contributed by atoms with van der Waals surface area (Å²) in [5, 5.41) is 44.9. The third-order valence-electron chi connectivity index (χ3n) is 11.2. The Morgan fingerprint density at radius 2 is 1.00 bits per heavy atom.